The number of rotatable bonds is 6. The molecule has 26 heavy (non-hydrogen) atoms. The number of esters is 1. The Labute approximate surface area is 151 Å². The number of aromatic nitrogens is 1. The topological polar surface area (TPSA) is 97.4 Å². The van der Waals surface area contributed by atoms with Gasteiger partial charge in [-0.25, -0.2) is 4.79 Å². The first-order valence-corrected chi connectivity index (χ1v) is 8.26. The number of benzene rings is 1. The minimum absolute atomic E-state index is 0.0237. The van der Waals surface area contributed by atoms with Gasteiger partial charge in [0, 0.05) is 17.8 Å². The Morgan fingerprint density at radius 3 is 2.54 bits per heavy atom. The van der Waals surface area contributed by atoms with Crippen LogP contribution in [0.5, 0.6) is 0 Å². The molecule has 0 spiro atoms. The maximum atomic E-state index is 12.5. The Kier molecular flexibility index (Phi) is 6.43. The van der Waals surface area contributed by atoms with E-state index in [0.717, 1.165) is 0 Å². The van der Waals surface area contributed by atoms with Crippen molar-refractivity contribution < 1.29 is 19.1 Å². The second kappa shape index (κ2) is 8.75. The van der Waals surface area contributed by atoms with Crippen molar-refractivity contribution in [3.05, 3.63) is 59.4 Å². The van der Waals surface area contributed by atoms with E-state index >= 15 is 0 Å². The molecule has 2 N–H and O–H groups in total. The molecule has 0 saturated heterocycles. The van der Waals surface area contributed by atoms with Gasteiger partial charge in [0.05, 0.1) is 17.9 Å². The molecular formula is C19H21N3O4. The third kappa shape index (κ3) is 4.89. The Hall–Kier alpha value is -3.22. The number of amides is 2. The first kappa shape index (κ1) is 19.1. The van der Waals surface area contributed by atoms with Gasteiger partial charge in [0.1, 0.15) is 5.69 Å². The molecule has 2 amide bonds. The number of carbonyl (C=O) groups excluding carboxylic acids is 3. The summed E-state index contributed by atoms with van der Waals surface area (Å²) < 4.78 is 4.98. The van der Waals surface area contributed by atoms with Gasteiger partial charge in [0.25, 0.3) is 11.8 Å². The largest absolute Gasteiger partial charge is 0.462 e. The van der Waals surface area contributed by atoms with Crippen LogP contribution in [0, 0.1) is 0 Å². The summed E-state index contributed by atoms with van der Waals surface area (Å²) in [5.74, 6) is -1.34. The SMILES string of the molecule is CCOC(=O)c1ccccc1NC(=O)c1cc(C(=O)NC(C)C)ccn1. The lowest BCUT2D eigenvalue weighted by Gasteiger charge is -2.11. The van der Waals surface area contributed by atoms with Crippen LogP contribution in [0.4, 0.5) is 5.69 Å². The zero-order chi connectivity index (χ0) is 19.1. The quantitative estimate of drug-likeness (QED) is 0.777. The Balaban J connectivity index is 2.21. The second-order valence-corrected chi connectivity index (χ2v) is 5.78. The molecule has 1 aromatic heterocycles. The molecule has 0 saturated carbocycles. The molecule has 7 nitrogen and oxygen atoms in total. The highest BCUT2D eigenvalue weighted by molar-refractivity contribution is 6.08. The van der Waals surface area contributed by atoms with Gasteiger partial charge in [-0.3, -0.25) is 14.6 Å². The van der Waals surface area contributed by atoms with E-state index in [2.05, 4.69) is 15.6 Å². The van der Waals surface area contributed by atoms with E-state index in [0.29, 0.717) is 11.3 Å². The smallest absolute Gasteiger partial charge is 0.340 e. The van der Waals surface area contributed by atoms with Crippen molar-refractivity contribution in [2.75, 3.05) is 11.9 Å². The molecule has 0 aliphatic carbocycles. The highest BCUT2D eigenvalue weighted by Crippen LogP contribution is 2.17. The summed E-state index contributed by atoms with van der Waals surface area (Å²) in [6, 6.07) is 9.44. The van der Waals surface area contributed by atoms with Crippen molar-refractivity contribution in [3.63, 3.8) is 0 Å². The Morgan fingerprint density at radius 1 is 1.12 bits per heavy atom. The van der Waals surface area contributed by atoms with E-state index in [9.17, 15) is 14.4 Å². The normalized spacial score (nSPS) is 10.3. The summed E-state index contributed by atoms with van der Waals surface area (Å²) >= 11 is 0. The van der Waals surface area contributed by atoms with Crippen molar-refractivity contribution in [2.45, 2.75) is 26.8 Å². The van der Waals surface area contributed by atoms with Crippen molar-refractivity contribution in [1.29, 1.82) is 0 Å². The number of pyridine rings is 1. The Bertz CT molecular complexity index is 818. The maximum Gasteiger partial charge on any atom is 0.340 e. The fourth-order valence-corrected chi connectivity index (χ4v) is 2.21. The molecule has 1 aromatic carbocycles. The number of nitrogens with one attached hydrogen (secondary N) is 2. The standard InChI is InChI=1S/C19H21N3O4/c1-4-26-19(25)14-7-5-6-8-15(14)22-18(24)16-11-13(9-10-20-16)17(23)21-12(2)3/h5-12H,4H2,1-3H3,(H,21,23)(H,22,24). The predicted octanol–water partition coefficient (Wildman–Crippen LogP) is 2.65. The molecule has 0 radical (unpaired) electrons. The van der Waals surface area contributed by atoms with Crippen LogP contribution < -0.4 is 10.6 Å². The molecule has 0 atom stereocenters. The van der Waals surface area contributed by atoms with Gasteiger partial charge < -0.3 is 15.4 Å². The number of para-hydroxylation sites is 1. The lowest BCUT2D eigenvalue weighted by Crippen LogP contribution is -2.30. The van der Waals surface area contributed by atoms with Crippen molar-refractivity contribution in [2.24, 2.45) is 0 Å². The fourth-order valence-electron chi connectivity index (χ4n) is 2.21. The van der Waals surface area contributed by atoms with Crippen LogP contribution in [-0.2, 0) is 4.74 Å². The van der Waals surface area contributed by atoms with E-state index in [4.69, 9.17) is 4.74 Å². The van der Waals surface area contributed by atoms with Gasteiger partial charge in [-0.05, 0) is 45.0 Å². The van der Waals surface area contributed by atoms with Crippen molar-refractivity contribution in [3.8, 4) is 0 Å². The lowest BCUT2D eigenvalue weighted by molar-refractivity contribution is 0.0527. The molecule has 136 valence electrons. The third-order valence-corrected chi connectivity index (χ3v) is 3.35. The average Bonchev–Trinajstić information content (AvgIpc) is 2.62. The molecule has 0 aliphatic heterocycles. The summed E-state index contributed by atoms with van der Waals surface area (Å²) in [5, 5.41) is 5.39. The molecule has 2 rings (SSSR count). The summed E-state index contributed by atoms with van der Waals surface area (Å²) in [6.07, 6.45) is 1.39. The third-order valence-electron chi connectivity index (χ3n) is 3.35. The van der Waals surface area contributed by atoms with Crippen molar-refractivity contribution >= 4 is 23.5 Å². The van der Waals surface area contributed by atoms with Gasteiger partial charge in [-0.1, -0.05) is 12.1 Å². The summed E-state index contributed by atoms with van der Waals surface area (Å²) in [6.45, 7) is 5.63. The van der Waals surface area contributed by atoms with Crippen LogP contribution in [0.1, 0.15) is 52.0 Å². The van der Waals surface area contributed by atoms with E-state index in [1.807, 2.05) is 13.8 Å². The van der Waals surface area contributed by atoms with E-state index in [1.54, 1.807) is 31.2 Å². The van der Waals surface area contributed by atoms with Gasteiger partial charge >= 0.3 is 5.97 Å². The van der Waals surface area contributed by atoms with E-state index in [1.165, 1.54) is 18.3 Å². The van der Waals surface area contributed by atoms with Crippen molar-refractivity contribution in [1.82, 2.24) is 10.3 Å². The molecule has 0 bridgehead atoms. The van der Waals surface area contributed by atoms with Gasteiger partial charge in [0.15, 0.2) is 0 Å². The number of carbonyl (C=O) groups is 3. The lowest BCUT2D eigenvalue weighted by atomic mass is 10.1. The Morgan fingerprint density at radius 2 is 1.85 bits per heavy atom. The highest BCUT2D eigenvalue weighted by atomic mass is 16.5. The molecule has 7 heteroatoms. The minimum atomic E-state index is -0.527. The van der Waals surface area contributed by atoms with Crippen LogP contribution in [0.25, 0.3) is 0 Å². The van der Waals surface area contributed by atoms with E-state index in [-0.39, 0.29) is 29.8 Å². The number of ether oxygens (including phenoxy) is 1. The molecule has 0 unspecified atom stereocenters. The number of anilines is 1. The van der Waals surface area contributed by atoms with Gasteiger partial charge in [-0.15, -0.1) is 0 Å². The zero-order valence-electron chi connectivity index (χ0n) is 14.9. The molecular weight excluding hydrogens is 334 g/mol. The van der Waals surface area contributed by atoms with E-state index < -0.39 is 11.9 Å². The fraction of sp³-hybridized carbons (Fsp3) is 0.263. The number of hydrogen-bond donors (Lipinski definition) is 2. The first-order valence-electron chi connectivity index (χ1n) is 8.26. The number of nitrogens with zero attached hydrogens (tertiary/aromatic N) is 1. The molecule has 1 heterocycles. The summed E-state index contributed by atoms with van der Waals surface area (Å²) in [4.78, 5) is 40.5. The first-order chi connectivity index (χ1) is 12.4. The minimum Gasteiger partial charge on any atom is -0.462 e. The zero-order valence-corrected chi connectivity index (χ0v) is 14.9. The average molecular weight is 355 g/mol. The van der Waals surface area contributed by atoms with Crippen LogP contribution in [-0.4, -0.2) is 35.4 Å². The molecule has 2 aromatic rings. The second-order valence-electron chi connectivity index (χ2n) is 5.78. The van der Waals surface area contributed by atoms with Crippen LogP contribution in [0.3, 0.4) is 0 Å². The van der Waals surface area contributed by atoms with Gasteiger partial charge in [-0.2, -0.15) is 0 Å². The molecule has 0 aliphatic rings. The monoisotopic (exact) mass is 355 g/mol. The van der Waals surface area contributed by atoms with Crippen LogP contribution in [0.15, 0.2) is 42.6 Å². The highest BCUT2D eigenvalue weighted by Gasteiger charge is 2.17. The summed E-state index contributed by atoms with van der Waals surface area (Å²) in [7, 11) is 0. The van der Waals surface area contributed by atoms with Gasteiger partial charge in [0.2, 0.25) is 0 Å². The number of hydrogen-bond acceptors (Lipinski definition) is 5. The molecule has 0 fully saturated rings. The maximum absolute atomic E-state index is 12.5. The predicted molar refractivity (Wildman–Crippen MR) is 97.2 cm³/mol. The van der Waals surface area contributed by atoms with Crippen LogP contribution >= 0.6 is 0 Å². The van der Waals surface area contributed by atoms with Crippen LogP contribution in [0.2, 0.25) is 0 Å². The summed E-state index contributed by atoms with van der Waals surface area (Å²) in [5.41, 5.74) is 0.962.